The Labute approximate surface area is 130 Å². The summed E-state index contributed by atoms with van der Waals surface area (Å²) in [5.74, 6) is -1.30. The molecule has 114 valence electrons. The van der Waals surface area contributed by atoms with Crippen LogP contribution in [0.5, 0.6) is 0 Å². The fraction of sp³-hybridized carbons (Fsp3) is 0.333. The zero-order valence-corrected chi connectivity index (χ0v) is 12.9. The molecule has 0 radical (unpaired) electrons. The van der Waals surface area contributed by atoms with Crippen molar-refractivity contribution in [3.8, 4) is 0 Å². The van der Waals surface area contributed by atoms with Gasteiger partial charge in [-0.3, -0.25) is 4.79 Å². The SMILES string of the molecule is O=C(O)CSc1nc2ccc(Br)cc2n1CCC(F)(F)F. The Hall–Kier alpha value is -1.22. The third kappa shape index (κ3) is 4.37. The molecule has 0 aliphatic rings. The van der Waals surface area contributed by atoms with Crippen LogP contribution in [0.1, 0.15) is 6.42 Å². The summed E-state index contributed by atoms with van der Waals surface area (Å²) in [5, 5.41) is 8.97. The third-order valence-electron chi connectivity index (χ3n) is 2.62. The van der Waals surface area contributed by atoms with E-state index in [1.165, 1.54) is 4.57 Å². The number of nitrogens with zero attached hydrogens (tertiary/aromatic N) is 2. The van der Waals surface area contributed by atoms with Gasteiger partial charge in [-0.2, -0.15) is 13.2 Å². The maximum absolute atomic E-state index is 12.4. The summed E-state index contributed by atoms with van der Waals surface area (Å²) in [6.45, 7) is -0.293. The Morgan fingerprint density at radius 1 is 1.43 bits per heavy atom. The molecule has 1 N–H and O–H groups in total. The van der Waals surface area contributed by atoms with Crippen molar-refractivity contribution in [1.29, 1.82) is 0 Å². The number of imidazole rings is 1. The highest BCUT2D eigenvalue weighted by atomic mass is 79.9. The summed E-state index contributed by atoms with van der Waals surface area (Å²) in [4.78, 5) is 14.8. The molecule has 2 aromatic rings. The number of fused-ring (bicyclic) bond motifs is 1. The van der Waals surface area contributed by atoms with Crippen molar-refractivity contribution >= 4 is 44.7 Å². The van der Waals surface area contributed by atoms with Gasteiger partial charge in [0.05, 0.1) is 23.2 Å². The molecule has 0 aliphatic carbocycles. The molecule has 9 heteroatoms. The average molecular weight is 383 g/mol. The van der Waals surface area contributed by atoms with Crippen molar-refractivity contribution in [3.63, 3.8) is 0 Å². The second-order valence-electron chi connectivity index (χ2n) is 4.23. The van der Waals surface area contributed by atoms with E-state index in [2.05, 4.69) is 20.9 Å². The van der Waals surface area contributed by atoms with Crippen LogP contribution >= 0.6 is 27.7 Å². The third-order valence-corrected chi connectivity index (χ3v) is 4.07. The number of aryl methyl sites for hydroxylation is 1. The minimum atomic E-state index is -4.28. The van der Waals surface area contributed by atoms with E-state index in [1.54, 1.807) is 18.2 Å². The lowest BCUT2D eigenvalue weighted by Crippen LogP contribution is -2.13. The normalized spacial score (nSPS) is 12.0. The number of hydrogen-bond acceptors (Lipinski definition) is 3. The number of aliphatic carboxylic acids is 1. The first kappa shape index (κ1) is 16.2. The monoisotopic (exact) mass is 382 g/mol. The van der Waals surface area contributed by atoms with E-state index in [4.69, 9.17) is 5.11 Å². The smallest absolute Gasteiger partial charge is 0.390 e. The molecule has 1 aromatic carbocycles. The van der Waals surface area contributed by atoms with Crippen LogP contribution < -0.4 is 0 Å². The summed E-state index contributed by atoms with van der Waals surface area (Å²) in [5.41, 5.74) is 1.08. The van der Waals surface area contributed by atoms with Gasteiger partial charge in [0, 0.05) is 11.0 Å². The maximum atomic E-state index is 12.4. The van der Waals surface area contributed by atoms with Crippen molar-refractivity contribution in [2.24, 2.45) is 0 Å². The molecule has 0 saturated heterocycles. The largest absolute Gasteiger partial charge is 0.481 e. The van der Waals surface area contributed by atoms with Crippen LogP contribution in [0, 0.1) is 0 Å². The average Bonchev–Trinajstić information content (AvgIpc) is 2.70. The summed E-state index contributed by atoms with van der Waals surface area (Å²) < 4.78 is 39.4. The molecule has 21 heavy (non-hydrogen) atoms. The second kappa shape index (κ2) is 6.27. The molecule has 2 rings (SSSR count). The van der Waals surface area contributed by atoms with Gasteiger partial charge in [0.25, 0.3) is 0 Å². The first-order chi connectivity index (χ1) is 9.76. The molecule has 0 fully saturated rings. The van der Waals surface area contributed by atoms with Crippen LogP contribution in [-0.2, 0) is 11.3 Å². The quantitative estimate of drug-likeness (QED) is 0.796. The minimum Gasteiger partial charge on any atom is -0.481 e. The Kier molecular flexibility index (Phi) is 4.82. The van der Waals surface area contributed by atoms with Crippen molar-refractivity contribution < 1.29 is 23.1 Å². The Morgan fingerprint density at radius 3 is 2.76 bits per heavy atom. The number of carboxylic acids is 1. The van der Waals surface area contributed by atoms with Gasteiger partial charge in [-0.25, -0.2) is 4.98 Å². The number of carboxylic acid groups (broad SMARTS) is 1. The molecule has 0 bridgehead atoms. The molecule has 0 aliphatic heterocycles. The molecular formula is C12H10BrF3N2O2S. The number of hydrogen-bond donors (Lipinski definition) is 1. The van der Waals surface area contributed by atoms with E-state index >= 15 is 0 Å². The lowest BCUT2D eigenvalue weighted by Gasteiger charge is -2.10. The van der Waals surface area contributed by atoms with Gasteiger partial charge in [0.2, 0.25) is 0 Å². The fourth-order valence-corrected chi connectivity index (χ4v) is 2.87. The number of rotatable bonds is 5. The van der Waals surface area contributed by atoms with E-state index < -0.39 is 18.6 Å². The zero-order valence-electron chi connectivity index (χ0n) is 10.5. The van der Waals surface area contributed by atoms with Crippen molar-refractivity contribution in [2.75, 3.05) is 5.75 Å². The number of carbonyl (C=O) groups is 1. The predicted octanol–water partition coefficient (Wildman–Crippen LogP) is 3.93. The summed E-state index contributed by atoms with van der Waals surface area (Å²) in [6.07, 6.45) is -5.27. The maximum Gasteiger partial charge on any atom is 0.390 e. The van der Waals surface area contributed by atoms with E-state index in [0.717, 1.165) is 16.2 Å². The highest BCUT2D eigenvalue weighted by Gasteiger charge is 2.27. The first-order valence-corrected chi connectivity index (χ1v) is 7.61. The lowest BCUT2D eigenvalue weighted by atomic mass is 10.3. The standard InChI is InChI=1S/C12H10BrF3N2O2S/c13-7-1-2-8-9(5-7)18(4-3-12(14,15)16)11(17-8)21-6-10(19)20/h1-2,5H,3-4,6H2,(H,19,20). The summed E-state index contributed by atoms with van der Waals surface area (Å²) in [6, 6.07) is 5.08. The fourth-order valence-electron chi connectivity index (χ4n) is 1.76. The summed E-state index contributed by atoms with van der Waals surface area (Å²) >= 11 is 4.17. The van der Waals surface area contributed by atoms with Crippen LogP contribution in [0.2, 0.25) is 0 Å². The molecule has 0 saturated carbocycles. The predicted molar refractivity (Wildman–Crippen MR) is 76.5 cm³/mol. The molecule has 0 atom stereocenters. The Balaban J connectivity index is 2.38. The van der Waals surface area contributed by atoms with E-state index in [1.807, 2.05) is 0 Å². The number of alkyl halides is 3. The van der Waals surface area contributed by atoms with Crippen molar-refractivity contribution in [2.45, 2.75) is 24.3 Å². The number of benzene rings is 1. The summed E-state index contributed by atoms with van der Waals surface area (Å²) in [7, 11) is 0. The van der Waals surface area contributed by atoms with Crippen molar-refractivity contribution in [1.82, 2.24) is 9.55 Å². The van der Waals surface area contributed by atoms with Gasteiger partial charge in [-0.05, 0) is 18.2 Å². The number of thioether (sulfide) groups is 1. The Morgan fingerprint density at radius 2 is 2.14 bits per heavy atom. The molecular weight excluding hydrogens is 373 g/mol. The van der Waals surface area contributed by atoms with Gasteiger partial charge in [0.15, 0.2) is 5.16 Å². The van der Waals surface area contributed by atoms with E-state index in [9.17, 15) is 18.0 Å². The van der Waals surface area contributed by atoms with Crippen LogP contribution in [0.4, 0.5) is 13.2 Å². The lowest BCUT2D eigenvalue weighted by molar-refractivity contribution is -0.137. The van der Waals surface area contributed by atoms with Crippen LogP contribution in [-0.4, -0.2) is 32.6 Å². The van der Waals surface area contributed by atoms with Gasteiger partial charge in [-0.1, -0.05) is 27.7 Å². The number of halogens is 4. The van der Waals surface area contributed by atoms with E-state index in [-0.39, 0.29) is 17.5 Å². The van der Waals surface area contributed by atoms with E-state index in [0.29, 0.717) is 11.0 Å². The zero-order chi connectivity index (χ0) is 15.6. The van der Waals surface area contributed by atoms with Crippen LogP contribution in [0.25, 0.3) is 11.0 Å². The number of aromatic nitrogens is 2. The molecule has 4 nitrogen and oxygen atoms in total. The van der Waals surface area contributed by atoms with Crippen molar-refractivity contribution in [3.05, 3.63) is 22.7 Å². The molecule has 1 heterocycles. The topological polar surface area (TPSA) is 55.1 Å². The Bertz CT molecular complexity index is 672. The minimum absolute atomic E-state index is 0.253. The highest BCUT2D eigenvalue weighted by molar-refractivity contribution is 9.10. The van der Waals surface area contributed by atoms with Crippen LogP contribution in [0.3, 0.4) is 0 Å². The molecule has 0 unspecified atom stereocenters. The molecule has 0 amide bonds. The van der Waals surface area contributed by atoms with Crippen LogP contribution in [0.15, 0.2) is 27.8 Å². The molecule has 1 aromatic heterocycles. The first-order valence-electron chi connectivity index (χ1n) is 5.83. The van der Waals surface area contributed by atoms with Gasteiger partial charge < -0.3 is 9.67 Å². The highest BCUT2D eigenvalue weighted by Crippen LogP contribution is 2.29. The van der Waals surface area contributed by atoms with Gasteiger partial charge in [-0.15, -0.1) is 0 Å². The van der Waals surface area contributed by atoms with Gasteiger partial charge >= 0.3 is 12.1 Å². The van der Waals surface area contributed by atoms with Gasteiger partial charge in [0.1, 0.15) is 0 Å². The molecule has 0 spiro atoms. The second-order valence-corrected chi connectivity index (χ2v) is 6.08.